The maximum absolute atomic E-state index is 12.5. The fourth-order valence-corrected chi connectivity index (χ4v) is 5.03. The third-order valence-corrected chi connectivity index (χ3v) is 6.85. The van der Waals surface area contributed by atoms with Gasteiger partial charge in [0.2, 0.25) is 0 Å². The Bertz CT molecular complexity index is 868. The number of allylic oxidation sites excluding steroid dienone is 1. The zero-order valence-corrected chi connectivity index (χ0v) is 18.8. The van der Waals surface area contributed by atoms with Gasteiger partial charge in [0.1, 0.15) is 23.4 Å². The van der Waals surface area contributed by atoms with Gasteiger partial charge in [0.05, 0.1) is 18.6 Å². The van der Waals surface area contributed by atoms with Crippen molar-refractivity contribution in [3.63, 3.8) is 0 Å². The van der Waals surface area contributed by atoms with Gasteiger partial charge < -0.3 is 24.7 Å². The molecule has 6 atom stereocenters. The SMILES string of the molecule is CO[C@@H]1[C@H](OC(=O)/C=C/c2ccc(N)cc2)CC[C@]2(CO2)[C@H]1[C@]1(C)O[C@H]1CC=C(C)C. The average Bonchev–Trinajstić information content (AvgIpc) is 3.65. The predicted molar refractivity (Wildman–Crippen MR) is 119 cm³/mol. The summed E-state index contributed by atoms with van der Waals surface area (Å²) in [4.78, 5) is 12.5. The zero-order chi connectivity index (χ0) is 22.2. The Balaban J connectivity index is 1.45. The van der Waals surface area contributed by atoms with E-state index in [1.165, 1.54) is 11.6 Å². The molecule has 0 unspecified atom stereocenters. The fourth-order valence-electron chi connectivity index (χ4n) is 5.03. The minimum atomic E-state index is -0.377. The van der Waals surface area contributed by atoms with Gasteiger partial charge in [-0.25, -0.2) is 4.79 Å². The van der Waals surface area contributed by atoms with Crippen LogP contribution in [0.4, 0.5) is 5.69 Å². The molecule has 1 aliphatic carbocycles. The Morgan fingerprint density at radius 3 is 2.61 bits per heavy atom. The Kier molecular flexibility index (Phi) is 5.99. The monoisotopic (exact) mass is 427 g/mol. The molecule has 2 N–H and O–H groups in total. The van der Waals surface area contributed by atoms with Crippen molar-refractivity contribution in [2.45, 2.75) is 69.5 Å². The molecule has 2 saturated heterocycles. The molecule has 2 heterocycles. The number of carbonyl (C=O) groups is 1. The van der Waals surface area contributed by atoms with Crippen molar-refractivity contribution in [1.82, 2.24) is 0 Å². The summed E-state index contributed by atoms with van der Waals surface area (Å²) in [6, 6.07) is 7.32. The summed E-state index contributed by atoms with van der Waals surface area (Å²) in [7, 11) is 1.68. The van der Waals surface area contributed by atoms with Gasteiger partial charge >= 0.3 is 5.97 Å². The summed E-state index contributed by atoms with van der Waals surface area (Å²) in [6.45, 7) is 7.04. The summed E-state index contributed by atoms with van der Waals surface area (Å²) in [5.74, 6) is -0.355. The summed E-state index contributed by atoms with van der Waals surface area (Å²) in [6.07, 6.45) is 7.35. The van der Waals surface area contributed by atoms with Crippen LogP contribution in [0.3, 0.4) is 0 Å². The fraction of sp³-hybridized carbons (Fsp3) is 0.560. The normalized spacial score (nSPS) is 36.4. The van der Waals surface area contributed by atoms with E-state index in [0.717, 1.165) is 18.4 Å². The third kappa shape index (κ3) is 4.56. The third-order valence-electron chi connectivity index (χ3n) is 6.85. The van der Waals surface area contributed by atoms with E-state index < -0.39 is 0 Å². The molecule has 0 aromatic heterocycles. The molecule has 0 amide bonds. The molecule has 6 nitrogen and oxygen atoms in total. The van der Waals surface area contributed by atoms with Crippen molar-refractivity contribution in [1.29, 1.82) is 0 Å². The Morgan fingerprint density at radius 1 is 1.29 bits per heavy atom. The van der Waals surface area contributed by atoms with Crippen LogP contribution >= 0.6 is 0 Å². The quantitative estimate of drug-likeness (QED) is 0.233. The Morgan fingerprint density at radius 2 is 2.00 bits per heavy atom. The molecule has 31 heavy (non-hydrogen) atoms. The Hall–Kier alpha value is -2.15. The van der Waals surface area contributed by atoms with Crippen LogP contribution < -0.4 is 5.73 Å². The van der Waals surface area contributed by atoms with Crippen molar-refractivity contribution in [3.8, 4) is 0 Å². The van der Waals surface area contributed by atoms with Crippen LogP contribution in [0.5, 0.6) is 0 Å². The minimum absolute atomic E-state index is 0.0215. The van der Waals surface area contributed by atoms with Gasteiger partial charge in [-0.2, -0.15) is 0 Å². The number of ether oxygens (including phenoxy) is 4. The lowest BCUT2D eigenvalue weighted by Crippen LogP contribution is -2.55. The number of hydrogen-bond acceptors (Lipinski definition) is 6. The van der Waals surface area contributed by atoms with Gasteiger partial charge in [-0.1, -0.05) is 23.8 Å². The average molecular weight is 428 g/mol. The number of rotatable bonds is 7. The van der Waals surface area contributed by atoms with Gasteiger partial charge in [0.15, 0.2) is 0 Å². The van der Waals surface area contributed by atoms with E-state index in [0.29, 0.717) is 18.7 Å². The van der Waals surface area contributed by atoms with Gasteiger partial charge in [-0.15, -0.1) is 0 Å². The van der Waals surface area contributed by atoms with E-state index in [9.17, 15) is 4.79 Å². The van der Waals surface area contributed by atoms with E-state index in [1.807, 2.05) is 12.1 Å². The Labute approximate surface area is 184 Å². The van der Waals surface area contributed by atoms with Crippen LogP contribution in [-0.4, -0.2) is 49.2 Å². The highest BCUT2D eigenvalue weighted by Gasteiger charge is 2.72. The first kappa shape index (κ1) is 22.1. The first-order chi connectivity index (χ1) is 14.8. The number of benzene rings is 1. The standard InChI is InChI=1S/C25H33NO5/c1-16(2)5-11-20-24(3,31-20)23-22(28-4)19(13-14-25(23)15-29-25)30-21(27)12-8-17-6-9-18(26)10-7-17/h5-10,12,19-20,22-23H,11,13-15,26H2,1-4H3/b12-8+/t19-,20+,22-,23-,24-,25+/m1/s1. The number of nitrogens with two attached hydrogens (primary N) is 1. The van der Waals surface area contributed by atoms with E-state index in [-0.39, 0.29) is 41.4 Å². The topological polar surface area (TPSA) is 86.6 Å². The van der Waals surface area contributed by atoms with Crippen molar-refractivity contribution >= 4 is 17.7 Å². The molecular weight excluding hydrogens is 394 g/mol. The van der Waals surface area contributed by atoms with Crippen molar-refractivity contribution in [2.24, 2.45) is 5.92 Å². The van der Waals surface area contributed by atoms with Gasteiger partial charge in [-0.05, 0) is 63.8 Å². The second kappa shape index (κ2) is 8.41. The van der Waals surface area contributed by atoms with Crippen LogP contribution in [-0.2, 0) is 23.7 Å². The second-order valence-corrected chi connectivity index (χ2v) is 9.35. The van der Waals surface area contributed by atoms with E-state index in [1.54, 1.807) is 25.3 Å². The molecule has 0 radical (unpaired) electrons. The molecule has 2 aliphatic heterocycles. The molecule has 3 fully saturated rings. The molecule has 6 heteroatoms. The van der Waals surface area contributed by atoms with Crippen LogP contribution in [0.1, 0.15) is 45.6 Å². The van der Waals surface area contributed by atoms with Crippen molar-refractivity contribution in [2.75, 3.05) is 19.5 Å². The number of nitrogen functional groups attached to an aromatic ring is 1. The lowest BCUT2D eigenvalue weighted by molar-refractivity contribution is -0.166. The number of anilines is 1. The maximum Gasteiger partial charge on any atom is 0.331 e. The summed E-state index contributed by atoms with van der Waals surface area (Å²) >= 11 is 0. The number of esters is 1. The maximum atomic E-state index is 12.5. The molecule has 0 bridgehead atoms. The molecule has 1 saturated carbocycles. The largest absolute Gasteiger partial charge is 0.456 e. The lowest BCUT2D eigenvalue weighted by Gasteiger charge is -2.42. The summed E-state index contributed by atoms with van der Waals surface area (Å²) in [5, 5.41) is 0. The molecule has 168 valence electrons. The van der Waals surface area contributed by atoms with Crippen LogP contribution in [0.15, 0.2) is 42.0 Å². The minimum Gasteiger partial charge on any atom is -0.456 e. The number of methoxy groups -OCH3 is 1. The number of epoxide rings is 2. The summed E-state index contributed by atoms with van der Waals surface area (Å²) < 4.78 is 23.9. The zero-order valence-electron chi connectivity index (χ0n) is 18.8. The van der Waals surface area contributed by atoms with Crippen LogP contribution in [0, 0.1) is 5.92 Å². The number of carbonyl (C=O) groups excluding carboxylic acids is 1. The molecule has 1 aromatic carbocycles. The highest BCUT2D eigenvalue weighted by Crippen LogP contribution is 2.59. The molecule has 1 spiro atoms. The van der Waals surface area contributed by atoms with Crippen molar-refractivity contribution in [3.05, 3.63) is 47.6 Å². The molecule has 4 rings (SSSR count). The highest BCUT2D eigenvalue weighted by molar-refractivity contribution is 5.87. The predicted octanol–water partition coefficient (Wildman–Crippen LogP) is 3.90. The highest BCUT2D eigenvalue weighted by atomic mass is 16.6. The van der Waals surface area contributed by atoms with Crippen LogP contribution in [0.2, 0.25) is 0 Å². The molecule has 3 aliphatic rings. The van der Waals surface area contributed by atoms with Crippen LogP contribution in [0.25, 0.3) is 6.08 Å². The smallest absolute Gasteiger partial charge is 0.331 e. The molecular formula is C25H33NO5. The lowest BCUT2D eigenvalue weighted by atomic mass is 9.68. The van der Waals surface area contributed by atoms with E-state index >= 15 is 0 Å². The van der Waals surface area contributed by atoms with Gasteiger partial charge in [-0.3, -0.25) is 0 Å². The molecule has 1 aromatic rings. The number of hydrogen-bond donors (Lipinski definition) is 1. The second-order valence-electron chi connectivity index (χ2n) is 9.35. The first-order valence-electron chi connectivity index (χ1n) is 11.0. The van der Waals surface area contributed by atoms with E-state index in [2.05, 4.69) is 26.8 Å². The van der Waals surface area contributed by atoms with Gasteiger partial charge in [0, 0.05) is 18.9 Å². The first-order valence-corrected chi connectivity index (χ1v) is 11.0. The van der Waals surface area contributed by atoms with E-state index in [4.69, 9.17) is 24.7 Å². The summed E-state index contributed by atoms with van der Waals surface area (Å²) in [5.41, 5.74) is 8.00. The van der Waals surface area contributed by atoms with Gasteiger partial charge in [0.25, 0.3) is 0 Å². The van der Waals surface area contributed by atoms with Crippen molar-refractivity contribution < 1.29 is 23.7 Å².